The van der Waals surface area contributed by atoms with Crippen LogP contribution in [0.1, 0.15) is 5.56 Å². The monoisotopic (exact) mass is 225 g/mol. The Bertz CT molecular complexity index is 397. The molecule has 0 aliphatic carbocycles. The summed E-state index contributed by atoms with van der Waals surface area (Å²) in [6.45, 7) is 0. The number of ether oxygens (including phenoxy) is 3. The van der Waals surface area contributed by atoms with Crippen LogP contribution in [0, 0.1) is 5.21 Å². The Hall–Kier alpha value is -1.91. The van der Waals surface area contributed by atoms with Crippen molar-refractivity contribution < 1.29 is 18.9 Å². The van der Waals surface area contributed by atoms with Crippen molar-refractivity contribution in [1.29, 1.82) is 0 Å². The van der Waals surface area contributed by atoms with Gasteiger partial charge in [-0.15, -0.1) is 0 Å². The van der Waals surface area contributed by atoms with Gasteiger partial charge >= 0.3 is 0 Å². The van der Waals surface area contributed by atoms with Crippen LogP contribution in [-0.4, -0.2) is 39.3 Å². The van der Waals surface area contributed by atoms with E-state index in [0.29, 0.717) is 27.6 Å². The quantitative estimate of drug-likeness (QED) is 0.335. The molecule has 0 saturated carbocycles. The van der Waals surface area contributed by atoms with E-state index in [9.17, 15) is 5.21 Å². The van der Waals surface area contributed by atoms with Crippen molar-refractivity contribution in [2.24, 2.45) is 0 Å². The molecule has 1 aromatic carbocycles. The van der Waals surface area contributed by atoms with Crippen LogP contribution in [0.25, 0.3) is 0 Å². The van der Waals surface area contributed by atoms with Crippen LogP contribution in [0.5, 0.6) is 17.2 Å². The van der Waals surface area contributed by atoms with Gasteiger partial charge in [-0.3, -0.25) is 0 Å². The first-order valence-corrected chi connectivity index (χ1v) is 4.67. The third-order valence-electron chi connectivity index (χ3n) is 2.06. The van der Waals surface area contributed by atoms with E-state index in [1.54, 1.807) is 19.2 Å². The van der Waals surface area contributed by atoms with E-state index >= 15 is 0 Å². The highest BCUT2D eigenvalue weighted by Crippen LogP contribution is 2.33. The maximum Gasteiger partial charge on any atom is 0.185 e. The summed E-state index contributed by atoms with van der Waals surface area (Å²) in [5.41, 5.74) is 0.637. The summed E-state index contributed by atoms with van der Waals surface area (Å²) in [5.74, 6) is 1.67. The largest absolute Gasteiger partial charge is 0.624 e. The van der Waals surface area contributed by atoms with E-state index in [2.05, 4.69) is 0 Å². The molecule has 0 saturated heterocycles. The molecule has 0 unspecified atom stereocenters. The molecule has 0 aliphatic rings. The molecule has 0 fully saturated rings. The average Bonchev–Trinajstić information content (AvgIpc) is 2.27. The number of hydroxylamine groups is 1. The summed E-state index contributed by atoms with van der Waals surface area (Å²) >= 11 is 0. The van der Waals surface area contributed by atoms with Crippen LogP contribution >= 0.6 is 0 Å². The minimum atomic E-state index is 0.552. The fourth-order valence-electron chi connectivity index (χ4n) is 1.35. The molecule has 0 spiro atoms. The zero-order valence-electron chi connectivity index (χ0n) is 9.81. The predicted octanol–water partition coefficient (Wildman–Crippen LogP) is 1.27. The predicted molar refractivity (Wildman–Crippen MR) is 60.8 cm³/mol. The molecular formula is C11H15NO4. The highest BCUT2D eigenvalue weighted by Gasteiger charge is 2.11. The van der Waals surface area contributed by atoms with Gasteiger partial charge in [0.15, 0.2) is 17.7 Å². The summed E-state index contributed by atoms with van der Waals surface area (Å²) in [5, 5.41) is 11.0. The second-order valence-electron chi connectivity index (χ2n) is 3.12. The number of hydrogen-bond donors (Lipinski definition) is 0. The second-order valence-corrected chi connectivity index (χ2v) is 3.12. The zero-order chi connectivity index (χ0) is 12.1. The number of methoxy groups -OCH3 is 3. The van der Waals surface area contributed by atoms with Gasteiger partial charge in [-0.2, -0.15) is 0 Å². The summed E-state index contributed by atoms with van der Waals surface area (Å²) in [6.07, 6.45) is 1.40. The van der Waals surface area contributed by atoms with Gasteiger partial charge in [-0.05, 0) is 0 Å². The number of benzene rings is 1. The summed E-state index contributed by atoms with van der Waals surface area (Å²) < 4.78 is 16.1. The van der Waals surface area contributed by atoms with E-state index in [1.807, 2.05) is 0 Å². The lowest BCUT2D eigenvalue weighted by Crippen LogP contribution is -2.02. The Balaban J connectivity index is 3.31. The van der Waals surface area contributed by atoms with Crippen molar-refractivity contribution in [3.05, 3.63) is 22.9 Å². The van der Waals surface area contributed by atoms with Gasteiger partial charge in [0.2, 0.25) is 0 Å². The van der Waals surface area contributed by atoms with Gasteiger partial charge in [0.25, 0.3) is 0 Å². The van der Waals surface area contributed by atoms with Crippen LogP contribution in [0.3, 0.4) is 0 Å². The molecular weight excluding hydrogens is 210 g/mol. The molecule has 0 heterocycles. The third-order valence-corrected chi connectivity index (χ3v) is 2.06. The van der Waals surface area contributed by atoms with E-state index in [-0.39, 0.29) is 0 Å². The second kappa shape index (κ2) is 5.25. The van der Waals surface area contributed by atoms with E-state index in [1.165, 1.54) is 27.5 Å². The Morgan fingerprint density at radius 2 is 1.50 bits per heavy atom. The first-order chi connectivity index (χ1) is 7.62. The molecule has 0 bridgehead atoms. The standard InChI is InChI=1S/C11H15NO4/c1-12(13)7-8-5-10(15-3)11(16-4)6-9(8)14-2/h5-7H,1-4H3/b12-7-. The SMILES string of the molecule is COc1cc(OC)c(OC)cc1/C=[N+](/C)[O-]. The Morgan fingerprint density at radius 1 is 1.00 bits per heavy atom. The van der Waals surface area contributed by atoms with Crippen molar-refractivity contribution in [3.8, 4) is 17.2 Å². The molecule has 0 radical (unpaired) electrons. The highest BCUT2D eigenvalue weighted by atomic mass is 16.5. The van der Waals surface area contributed by atoms with Crippen molar-refractivity contribution in [2.45, 2.75) is 0 Å². The molecule has 5 heteroatoms. The number of rotatable bonds is 4. The van der Waals surface area contributed by atoms with Gasteiger partial charge in [0.05, 0.1) is 26.9 Å². The van der Waals surface area contributed by atoms with Gasteiger partial charge in [-0.25, -0.2) is 4.74 Å². The summed E-state index contributed by atoms with van der Waals surface area (Å²) in [4.78, 5) is 0. The van der Waals surface area contributed by atoms with Crippen LogP contribution in [0.15, 0.2) is 12.1 Å². The van der Waals surface area contributed by atoms with Gasteiger partial charge in [0.1, 0.15) is 12.8 Å². The third kappa shape index (κ3) is 2.56. The fourth-order valence-corrected chi connectivity index (χ4v) is 1.35. The molecule has 1 rings (SSSR count). The van der Waals surface area contributed by atoms with Crippen molar-refractivity contribution in [3.63, 3.8) is 0 Å². The van der Waals surface area contributed by atoms with Crippen molar-refractivity contribution >= 4 is 6.21 Å². The normalized spacial score (nSPS) is 11.1. The Kier molecular flexibility index (Phi) is 3.99. The lowest BCUT2D eigenvalue weighted by atomic mass is 10.2. The minimum absolute atomic E-state index is 0.552. The molecule has 88 valence electrons. The smallest absolute Gasteiger partial charge is 0.185 e. The first-order valence-electron chi connectivity index (χ1n) is 4.67. The maximum absolute atomic E-state index is 11.0. The minimum Gasteiger partial charge on any atom is -0.624 e. The van der Waals surface area contributed by atoms with Crippen molar-refractivity contribution in [1.82, 2.24) is 0 Å². The average molecular weight is 225 g/mol. The number of nitrogens with zero attached hydrogens (tertiary/aromatic N) is 1. The van der Waals surface area contributed by atoms with Gasteiger partial charge < -0.3 is 19.4 Å². The van der Waals surface area contributed by atoms with Crippen LogP contribution in [0.2, 0.25) is 0 Å². The zero-order valence-corrected chi connectivity index (χ0v) is 9.81. The summed E-state index contributed by atoms with van der Waals surface area (Å²) in [7, 11) is 6.01. The lowest BCUT2D eigenvalue weighted by molar-refractivity contribution is -0.416. The van der Waals surface area contributed by atoms with Crippen LogP contribution < -0.4 is 14.2 Å². The van der Waals surface area contributed by atoms with Gasteiger partial charge in [-0.1, -0.05) is 0 Å². The Morgan fingerprint density at radius 3 is 1.94 bits per heavy atom. The van der Waals surface area contributed by atoms with E-state index in [0.717, 1.165) is 0 Å². The van der Waals surface area contributed by atoms with E-state index in [4.69, 9.17) is 14.2 Å². The maximum atomic E-state index is 11.0. The van der Waals surface area contributed by atoms with Gasteiger partial charge in [0, 0.05) is 12.1 Å². The molecule has 0 aromatic heterocycles. The number of hydrogen-bond acceptors (Lipinski definition) is 4. The molecule has 1 aromatic rings. The van der Waals surface area contributed by atoms with Crippen molar-refractivity contribution in [2.75, 3.05) is 28.4 Å². The first kappa shape index (κ1) is 12.2. The Labute approximate surface area is 94.5 Å². The molecule has 0 N–H and O–H groups in total. The lowest BCUT2D eigenvalue weighted by Gasteiger charge is -2.11. The van der Waals surface area contributed by atoms with Crippen LogP contribution in [-0.2, 0) is 0 Å². The summed E-state index contributed by atoms with van der Waals surface area (Å²) in [6, 6.07) is 3.36. The van der Waals surface area contributed by atoms with E-state index < -0.39 is 0 Å². The molecule has 0 amide bonds. The van der Waals surface area contributed by atoms with Crippen LogP contribution in [0.4, 0.5) is 0 Å². The topological polar surface area (TPSA) is 53.8 Å². The molecule has 0 aliphatic heterocycles. The highest BCUT2D eigenvalue weighted by molar-refractivity contribution is 5.82. The molecule has 16 heavy (non-hydrogen) atoms. The molecule has 5 nitrogen and oxygen atoms in total. The molecule has 0 atom stereocenters. The fraction of sp³-hybridized carbons (Fsp3) is 0.364.